The van der Waals surface area contributed by atoms with Gasteiger partial charge in [-0.15, -0.1) is 11.6 Å². The molecular formula is C28H28ClNO6S. The highest BCUT2D eigenvalue weighted by molar-refractivity contribution is 7.99. The van der Waals surface area contributed by atoms with E-state index in [1.54, 1.807) is 75.4 Å². The van der Waals surface area contributed by atoms with Gasteiger partial charge in [0, 0.05) is 11.1 Å². The fraction of sp³-hybridized carbons (Fsp3) is 0.250. The van der Waals surface area contributed by atoms with Crippen molar-refractivity contribution in [1.29, 1.82) is 0 Å². The summed E-state index contributed by atoms with van der Waals surface area (Å²) >= 11 is 5.53. The first kappa shape index (κ1) is 28.1. The number of fused-ring (bicyclic) bond motifs is 1. The van der Waals surface area contributed by atoms with Crippen molar-refractivity contribution in [3.63, 3.8) is 0 Å². The van der Waals surface area contributed by atoms with Crippen molar-refractivity contribution in [3.8, 4) is 11.5 Å². The van der Waals surface area contributed by atoms with E-state index in [0.29, 0.717) is 52.3 Å². The second-order valence-corrected chi connectivity index (χ2v) is 9.87. The first-order valence-corrected chi connectivity index (χ1v) is 13.3. The van der Waals surface area contributed by atoms with Crippen LogP contribution in [-0.4, -0.2) is 46.2 Å². The van der Waals surface area contributed by atoms with Gasteiger partial charge in [0.25, 0.3) is 0 Å². The number of ether oxygens (including phenoxy) is 3. The third-order valence-electron chi connectivity index (χ3n) is 5.07. The van der Waals surface area contributed by atoms with Crippen LogP contribution in [0.25, 0.3) is 0 Å². The molecule has 1 aliphatic rings. The number of ketones is 1. The third-order valence-corrected chi connectivity index (χ3v) is 6.28. The van der Waals surface area contributed by atoms with Gasteiger partial charge in [-0.25, -0.2) is 14.0 Å². The van der Waals surface area contributed by atoms with Crippen LogP contribution < -0.4 is 9.47 Å². The average molecular weight is 542 g/mol. The smallest absolute Gasteiger partial charge is 0.349 e. The maximum absolute atomic E-state index is 12.2. The number of nitrogens with zero attached hydrogens (tertiary/aromatic N) is 1. The number of halogens is 1. The molecule has 1 aliphatic heterocycles. The van der Waals surface area contributed by atoms with Crippen molar-refractivity contribution >= 4 is 45.4 Å². The molecule has 1 atom stereocenters. The lowest BCUT2D eigenvalue weighted by atomic mass is 10.0. The average Bonchev–Trinajstić information content (AvgIpc) is 3.28. The quantitative estimate of drug-likeness (QED) is 0.195. The molecule has 0 saturated heterocycles. The van der Waals surface area contributed by atoms with Crippen LogP contribution in [-0.2, 0) is 20.3 Å². The maximum Gasteiger partial charge on any atom is 0.349 e. The lowest BCUT2D eigenvalue weighted by Gasteiger charge is -2.24. The van der Waals surface area contributed by atoms with Gasteiger partial charge >= 0.3 is 5.97 Å². The lowest BCUT2D eigenvalue weighted by Crippen LogP contribution is -2.39. The molecule has 0 spiro atoms. The first-order chi connectivity index (χ1) is 17.7. The molecule has 3 aromatic carbocycles. The fourth-order valence-corrected chi connectivity index (χ4v) is 4.21. The predicted octanol–water partition coefficient (Wildman–Crippen LogP) is 5.72. The van der Waals surface area contributed by atoms with E-state index in [-0.39, 0.29) is 5.78 Å². The zero-order valence-electron chi connectivity index (χ0n) is 20.8. The largest absolute Gasteiger partial charge is 0.492 e. The molecule has 0 bridgehead atoms. The van der Waals surface area contributed by atoms with Crippen LogP contribution in [0.2, 0.25) is 0 Å². The monoisotopic (exact) mass is 541 g/mol. The standard InChI is InChI=1S/C14H19ClO4.C14H9NO2S/c1-4-17-13(16)14(2,3)19-12-7-5-11(6-8-12)18-10-9-15;16-14(10-4-2-1-3-5-10)11-6-7-12-13(8-11)18(17)9-15-12/h5-8H,4,9-10H2,1-3H3;1-9H. The summed E-state index contributed by atoms with van der Waals surface area (Å²) in [5.41, 5.74) is 2.22. The Morgan fingerprint density at radius 2 is 1.62 bits per heavy atom. The summed E-state index contributed by atoms with van der Waals surface area (Å²) in [6, 6.07) is 21.2. The molecule has 0 radical (unpaired) electrons. The molecule has 0 aliphatic carbocycles. The Morgan fingerprint density at radius 1 is 0.946 bits per heavy atom. The predicted molar refractivity (Wildman–Crippen MR) is 145 cm³/mol. The molecular weight excluding hydrogens is 514 g/mol. The van der Waals surface area contributed by atoms with Crippen molar-refractivity contribution < 1.29 is 28.0 Å². The van der Waals surface area contributed by atoms with E-state index in [1.807, 2.05) is 18.2 Å². The van der Waals surface area contributed by atoms with Crippen LogP contribution in [0.3, 0.4) is 0 Å². The minimum absolute atomic E-state index is 0.0673. The van der Waals surface area contributed by atoms with Crippen molar-refractivity contribution in [2.45, 2.75) is 31.3 Å². The Balaban J connectivity index is 0.000000206. The molecule has 194 valence electrons. The van der Waals surface area contributed by atoms with Crippen LogP contribution in [0.15, 0.2) is 82.7 Å². The van der Waals surface area contributed by atoms with Crippen molar-refractivity contribution in [1.82, 2.24) is 0 Å². The van der Waals surface area contributed by atoms with E-state index in [4.69, 9.17) is 25.8 Å². The summed E-state index contributed by atoms with van der Waals surface area (Å²) in [7, 11) is -1.22. The van der Waals surface area contributed by atoms with Gasteiger partial charge in [0.05, 0.1) is 39.4 Å². The maximum atomic E-state index is 12.2. The van der Waals surface area contributed by atoms with Crippen LogP contribution in [0, 0.1) is 0 Å². The molecule has 37 heavy (non-hydrogen) atoms. The van der Waals surface area contributed by atoms with Gasteiger partial charge < -0.3 is 14.2 Å². The molecule has 0 saturated carbocycles. The van der Waals surface area contributed by atoms with Gasteiger partial charge in [0.15, 0.2) is 11.4 Å². The van der Waals surface area contributed by atoms with Crippen molar-refractivity contribution in [3.05, 3.63) is 83.9 Å². The van der Waals surface area contributed by atoms with Crippen LogP contribution >= 0.6 is 11.6 Å². The summed E-state index contributed by atoms with van der Waals surface area (Å²) < 4.78 is 27.5. The molecule has 7 nitrogen and oxygen atoms in total. The van der Waals surface area contributed by atoms with E-state index in [1.165, 1.54) is 5.55 Å². The molecule has 0 fully saturated rings. The van der Waals surface area contributed by atoms with E-state index >= 15 is 0 Å². The Kier molecular flexibility index (Phi) is 10.00. The number of benzene rings is 3. The summed E-state index contributed by atoms with van der Waals surface area (Å²) in [6.07, 6.45) is 0. The summed E-state index contributed by atoms with van der Waals surface area (Å²) in [5.74, 6) is 1.27. The molecule has 3 aromatic rings. The number of hydrogen-bond acceptors (Lipinski definition) is 7. The number of carbonyl (C=O) groups excluding carboxylic acids is 2. The van der Waals surface area contributed by atoms with Gasteiger partial charge in [-0.1, -0.05) is 30.3 Å². The van der Waals surface area contributed by atoms with E-state index in [2.05, 4.69) is 4.99 Å². The van der Waals surface area contributed by atoms with Crippen molar-refractivity contribution in [2.24, 2.45) is 4.99 Å². The molecule has 9 heteroatoms. The minimum atomic E-state index is -1.22. The molecule has 0 amide bonds. The number of carbonyl (C=O) groups is 2. The fourth-order valence-electron chi connectivity index (χ4n) is 3.24. The normalized spacial score (nSPS) is 13.7. The highest BCUT2D eigenvalue weighted by Crippen LogP contribution is 2.29. The molecule has 0 N–H and O–H groups in total. The molecule has 4 rings (SSSR count). The van der Waals surface area contributed by atoms with Gasteiger partial charge in [0.1, 0.15) is 18.1 Å². The number of hydrogen-bond donors (Lipinski definition) is 0. The molecule has 1 unspecified atom stereocenters. The number of rotatable bonds is 9. The second-order valence-electron chi connectivity index (χ2n) is 8.25. The highest BCUT2D eigenvalue weighted by atomic mass is 35.5. The second kappa shape index (κ2) is 13.2. The van der Waals surface area contributed by atoms with Crippen LogP contribution in [0.1, 0.15) is 36.7 Å². The lowest BCUT2D eigenvalue weighted by molar-refractivity contribution is -0.158. The number of aliphatic imine (C=N–C) groups is 1. The third kappa shape index (κ3) is 7.74. The topological polar surface area (TPSA) is 91.3 Å². The Labute approximate surface area is 223 Å². The van der Waals surface area contributed by atoms with Gasteiger partial charge in [0.2, 0.25) is 0 Å². The SMILES string of the molecule is CCOC(=O)C(C)(C)Oc1ccc(OCCCl)cc1.O=C(c1ccccc1)c1ccc2c(c1)S(=O)C=N2. The van der Waals surface area contributed by atoms with Gasteiger partial charge in [-0.3, -0.25) is 4.79 Å². The number of alkyl halides is 1. The first-order valence-electron chi connectivity index (χ1n) is 11.6. The zero-order valence-corrected chi connectivity index (χ0v) is 22.4. The summed E-state index contributed by atoms with van der Waals surface area (Å²) in [5, 5.41) is 0. The van der Waals surface area contributed by atoms with Crippen LogP contribution in [0.5, 0.6) is 11.5 Å². The molecule has 0 aromatic heterocycles. The zero-order chi connectivity index (χ0) is 26.8. The van der Waals surface area contributed by atoms with Gasteiger partial charge in [-0.2, -0.15) is 0 Å². The minimum Gasteiger partial charge on any atom is -0.492 e. The Morgan fingerprint density at radius 3 is 2.27 bits per heavy atom. The van der Waals surface area contributed by atoms with E-state index in [9.17, 15) is 13.8 Å². The Hall–Kier alpha value is -3.49. The van der Waals surface area contributed by atoms with E-state index < -0.39 is 22.4 Å². The van der Waals surface area contributed by atoms with E-state index in [0.717, 1.165) is 0 Å². The van der Waals surface area contributed by atoms with Gasteiger partial charge in [-0.05, 0) is 63.2 Å². The summed E-state index contributed by atoms with van der Waals surface area (Å²) in [6.45, 7) is 5.88. The molecule has 1 heterocycles. The Bertz CT molecular complexity index is 1280. The highest BCUT2D eigenvalue weighted by Gasteiger charge is 2.31. The van der Waals surface area contributed by atoms with Crippen LogP contribution in [0.4, 0.5) is 5.69 Å². The van der Waals surface area contributed by atoms with Crippen molar-refractivity contribution in [2.75, 3.05) is 19.1 Å². The number of esters is 1. The summed E-state index contributed by atoms with van der Waals surface area (Å²) in [4.78, 5) is 28.5.